The number of hydrogen-bond acceptors (Lipinski definition) is 6. The molecule has 0 aromatic carbocycles. The van der Waals surface area contributed by atoms with Crippen molar-refractivity contribution in [2.45, 2.75) is 567 Å². The van der Waals surface area contributed by atoms with Crippen LogP contribution in [0.1, 0.15) is 555 Å². The molecule has 0 spiro atoms. The Morgan fingerprint density at radius 2 is 0.277 bits per heavy atom. The summed E-state index contributed by atoms with van der Waals surface area (Å²) in [5, 5.41) is 24.0. The number of hydrogen-bond donors (Lipinski definition) is 0. The van der Waals surface area contributed by atoms with E-state index in [1.807, 2.05) is 0 Å². The first-order chi connectivity index (χ1) is 49.3. The first kappa shape index (κ1) is 105. The molecule has 0 radical (unpaired) electrons. The van der Waals surface area contributed by atoms with Gasteiger partial charge in [-0.2, -0.15) is 0 Å². The Hall–Kier alpha value is 0.120. The summed E-state index contributed by atoms with van der Waals surface area (Å²) in [5.41, 5.74) is 0. The van der Waals surface area contributed by atoms with Gasteiger partial charge in [-0.1, -0.05) is 517 Å². The van der Waals surface area contributed by atoms with E-state index in [4.69, 9.17) is 0 Å². The fourth-order valence-corrected chi connectivity index (χ4v) is 15.9. The van der Waals surface area contributed by atoms with E-state index < -0.39 is 24.0 Å². The molecule has 0 aromatic heterocycles. The van der Waals surface area contributed by atoms with Gasteiger partial charge in [0.15, 0.2) is 0 Å². The zero-order chi connectivity index (χ0) is 72.9. The maximum absolute atomic E-state index is 12.0. The van der Waals surface area contributed by atoms with Crippen molar-refractivity contribution in [3.05, 3.63) is 0 Å². The SMILES string of the molecule is CCCCCCCCCCCCCCCCCCCCCN(CCCCCCCCCCCCCCCCCCCCC)C(CCC)C(=O)[O-].CCCCCCCCCCCCCCCCCCCCCN(CCCCCCCCCCCCCCCCCCCCC)C(CCC)C(=O)[O-].[Ca+2]. The molecule has 0 rings (SSSR count). The molecule has 2 atom stereocenters. The molecule has 2 unspecified atom stereocenters. The molecule has 0 bridgehead atoms. The van der Waals surface area contributed by atoms with E-state index in [0.29, 0.717) is 0 Å². The van der Waals surface area contributed by atoms with Gasteiger partial charge < -0.3 is 19.8 Å². The van der Waals surface area contributed by atoms with Crippen LogP contribution in [0.25, 0.3) is 0 Å². The number of nitrogens with zero attached hydrogens (tertiary/aromatic N) is 2. The monoisotopic (exact) mass is 1450 g/mol. The molecule has 0 saturated carbocycles. The number of rotatable bonds is 88. The summed E-state index contributed by atoms with van der Waals surface area (Å²) in [6, 6.07) is -0.794. The molecule has 0 fully saturated rings. The van der Waals surface area contributed by atoms with Crippen LogP contribution in [0, 0.1) is 0 Å². The van der Waals surface area contributed by atoms with Crippen LogP contribution in [0.15, 0.2) is 0 Å². The Labute approximate surface area is 667 Å². The Morgan fingerprint density at radius 1 is 0.178 bits per heavy atom. The second kappa shape index (κ2) is 94.3. The van der Waals surface area contributed by atoms with Crippen molar-refractivity contribution >= 4 is 49.7 Å². The first-order valence-corrected chi connectivity index (χ1v) is 47.2. The third kappa shape index (κ3) is 85.6. The van der Waals surface area contributed by atoms with Gasteiger partial charge in [-0.05, 0) is 64.7 Å². The van der Waals surface area contributed by atoms with E-state index >= 15 is 0 Å². The van der Waals surface area contributed by atoms with E-state index in [2.05, 4.69) is 51.3 Å². The van der Waals surface area contributed by atoms with Gasteiger partial charge in [-0.25, -0.2) is 0 Å². The third-order valence-electron chi connectivity index (χ3n) is 22.7. The van der Waals surface area contributed by atoms with E-state index in [1.165, 1.54) is 462 Å². The summed E-state index contributed by atoms with van der Waals surface area (Å²) in [6.45, 7) is 17.1. The van der Waals surface area contributed by atoms with Gasteiger partial charge in [-0.15, -0.1) is 0 Å². The van der Waals surface area contributed by atoms with E-state index in [1.54, 1.807) is 0 Å². The third-order valence-corrected chi connectivity index (χ3v) is 22.7. The van der Waals surface area contributed by atoms with Crippen molar-refractivity contribution in [2.24, 2.45) is 0 Å². The molecular weight excluding hydrogens is 1260 g/mol. The molecule has 101 heavy (non-hydrogen) atoms. The zero-order valence-electron chi connectivity index (χ0n) is 70.8. The van der Waals surface area contributed by atoms with Crippen LogP contribution in [0.4, 0.5) is 0 Å². The van der Waals surface area contributed by atoms with Gasteiger partial charge in [0, 0.05) is 12.1 Å². The summed E-state index contributed by atoms with van der Waals surface area (Å²) in [4.78, 5) is 28.5. The fraction of sp³-hybridized carbons (Fsp3) is 0.979. The van der Waals surface area contributed by atoms with Crippen LogP contribution >= 0.6 is 0 Å². The van der Waals surface area contributed by atoms with Gasteiger partial charge in [0.2, 0.25) is 0 Å². The van der Waals surface area contributed by atoms with Gasteiger partial charge in [0.05, 0.1) is 11.9 Å². The van der Waals surface area contributed by atoms with Crippen molar-refractivity contribution < 1.29 is 19.8 Å². The molecule has 7 heteroatoms. The van der Waals surface area contributed by atoms with Crippen LogP contribution in [-0.2, 0) is 9.59 Å². The Balaban J connectivity index is -0.00000188. The second-order valence-corrected chi connectivity index (χ2v) is 32.8. The Kier molecular flexibility index (Phi) is 98.3. The molecule has 0 N–H and O–H groups in total. The number of carbonyl (C=O) groups is 2. The van der Waals surface area contributed by atoms with Gasteiger partial charge in [-0.3, -0.25) is 9.80 Å². The predicted octanol–water partition coefficient (Wildman–Crippen LogP) is 29.8. The molecular formula is C94H188CaN2O4. The van der Waals surface area contributed by atoms with Gasteiger partial charge in [0.25, 0.3) is 0 Å². The van der Waals surface area contributed by atoms with Crippen molar-refractivity contribution in [3.8, 4) is 0 Å². The topological polar surface area (TPSA) is 86.7 Å². The van der Waals surface area contributed by atoms with Crippen LogP contribution in [0.2, 0.25) is 0 Å². The molecule has 0 aliphatic carbocycles. The second-order valence-electron chi connectivity index (χ2n) is 32.8. The van der Waals surface area contributed by atoms with Gasteiger partial charge in [0.1, 0.15) is 0 Å². The minimum absolute atomic E-state index is 0. The van der Waals surface area contributed by atoms with Crippen molar-refractivity contribution in [3.63, 3.8) is 0 Å². The molecule has 0 aliphatic rings. The van der Waals surface area contributed by atoms with Crippen molar-refractivity contribution in [1.82, 2.24) is 9.80 Å². The van der Waals surface area contributed by atoms with E-state index in [-0.39, 0.29) is 37.7 Å². The summed E-state index contributed by atoms with van der Waals surface area (Å²) in [7, 11) is 0. The normalized spacial score (nSPS) is 12.2. The first-order valence-electron chi connectivity index (χ1n) is 47.2. The van der Waals surface area contributed by atoms with Crippen LogP contribution < -0.4 is 10.2 Å². The minimum atomic E-state index is -0.859. The molecule has 0 saturated heterocycles. The Morgan fingerprint density at radius 3 is 0.366 bits per heavy atom. The summed E-state index contributed by atoms with van der Waals surface area (Å²) in [6.07, 6.45) is 109. The minimum Gasteiger partial charge on any atom is -0.548 e. The average Bonchev–Trinajstić information content (AvgIpc) is 0.994. The van der Waals surface area contributed by atoms with E-state index in [9.17, 15) is 19.8 Å². The summed E-state index contributed by atoms with van der Waals surface area (Å²) < 4.78 is 0. The maximum Gasteiger partial charge on any atom is 2.00 e. The van der Waals surface area contributed by atoms with Gasteiger partial charge >= 0.3 is 37.7 Å². The number of carboxylic acid groups (broad SMARTS) is 2. The molecule has 0 heterocycles. The smallest absolute Gasteiger partial charge is 0.548 e. The van der Waals surface area contributed by atoms with Crippen LogP contribution in [-0.4, -0.2) is 97.7 Å². The maximum atomic E-state index is 12.0. The number of carbonyl (C=O) groups excluding carboxylic acids is 2. The predicted molar refractivity (Wildman–Crippen MR) is 450 cm³/mol. The largest absolute Gasteiger partial charge is 2.00 e. The molecule has 6 nitrogen and oxygen atoms in total. The van der Waals surface area contributed by atoms with Crippen molar-refractivity contribution in [2.75, 3.05) is 26.2 Å². The molecule has 0 aromatic rings. The molecule has 600 valence electrons. The number of unbranched alkanes of at least 4 members (excludes halogenated alkanes) is 72. The summed E-state index contributed by atoms with van der Waals surface area (Å²) >= 11 is 0. The average molecular weight is 1450 g/mol. The van der Waals surface area contributed by atoms with Crippen LogP contribution in [0.5, 0.6) is 0 Å². The zero-order valence-corrected chi connectivity index (χ0v) is 73.0. The van der Waals surface area contributed by atoms with Crippen molar-refractivity contribution in [1.29, 1.82) is 0 Å². The summed E-state index contributed by atoms with van der Waals surface area (Å²) in [5.74, 6) is -1.72. The number of aliphatic carboxylic acids is 2. The van der Waals surface area contributed by atoms with Crippen LogP contribution in [0.3, 0.4) is 0 Å². The standard InChI is InChI=1S/2C47H95NO2.Ca/c2*1-4-7-9-11-13-15-17-19-21-23-25-27-29-31-33-35-37-39-41-44-48(46(43-6-3)47(49)50)45-42-40-38-36-34-32-30-28-26-24-22-20-18-16-14-12-10-8-5-2;/h2*46H,4-45H2,1-3H3,(H,49,50);/q;;+2/p-2. The molecule has 0 amide bonds. The fourth-order valence-electron chi connectivity index (χ4n) is 15.9. The van der Waals surface area contributed by atoms with E-state index in [0.717, 1.165) is 77.5 Å². The quantitative estimate of drug-likeness (QED) is 0.0445. The Bertz CT molecular complexity index is 1310. The molecule has 0 aliphatic heterocycles. The number of carboxylic acids is 2.